The van der Waals surface area contributed by atoms with Crippen LogP contribution in [0.15, 0.2) is 70.5 Å². The van der Waals surface area contributed by atoms with E-state index in [0.29, 0.717) is 11.1 Å². The third-order valence-electron chi connectivity index (χ3n) is 3.79. The van der Waals surface area contributed by atoms with Gasteiger partial charge in [0.2, 0.25) is 0 Å². The van der Waals surface area contributed by atoms with Crippen LogP contribution in [-0.4, -0.2) is 28.0 Å². The van der Waals surface area contributed by atoms with Crippen molar-refractivity contribution in [1.29, 1.82) is 0 Å². The minimum absolute atomic E-state index is 0.0145. The lowest BCUT2D eigenvalue weighted by atomic mass is 10.0. The first-order valence-electron chi connectivity index (χ1n) is 8.13. The Labute approximate surface area is 164 Å². The fourth-order valence-corrected chi connectivity index (χ4v) is 5.00. The van der Waals surface area contributed by atoms with Crippen molar-refractivity contribution in [3.8, 4) is 0 Å². The summed E-state index contributed by atoms with van der Waals surface area (Å²) in [6, 6.07) is 14.6. The Hall–Kier alpha value is -2.64. The number of nitro groups is 1. The van der Waals surface area contributed by atoms with E-state index in [2.05, 4.69) is 0 Å². The first-order valence-corrected chi connectivity index (χ1v) is 10.1. The molecule has 1 aliphatic rings. The van der Waals surface area contributed by atoms with E-state index < -0.39 is 4.92 Å². The van der Waals surface area contributed by atoms with E-state index in [4.69, 9.17) is 0 Å². The number of carbonyl (C=O) groups is 2. The number of hydrogen-bond donors (Lipinski definition) is 0. The monoisotopic (exact) mass is 397 g/mol. The number of carbonyl (C=O) groups excluding carboxylic acids is 2. The van der Waals surface area contributed by atoms with Crippen LogP contribution in [0.5, 0.6) is 0 Å². The topological polar surface area (TPSA) is 77.3 Å². The number of nitro benzene ring substituents is 1. The number of allylic oxidation sites excluding steroid dienone is 2. The van der Waals surface area contributed by atoms with Crippen molar-refractivity contribution in [2.75, 3.05) is 11.5 Å². The van der Waals surface area contributed by atoms with Gasteiger partial charge in [0.15, 0.2) is 11.6 Å². The molecule has 0 unspecified atom stereocenters. The normalized spacial score (nSPS) is 13.7. The van der Waals surface area contributed by atoms with Gasteiger partial charge in [0, 0.05) is 29.2 Å². The Morgan fingerprint density at radius 1 is 0.963 bits per heavy atom. The molecule has 2 aromatic rings. The second-order valence-electron chi connectivity index (χ2n) is 5.60. The van der Waals surface area contributed by atoms with Crippen LogP contribution in [0.2, 0.25) is 0 Å². The van der Waals surface area contributed by atoms with Gasteiger partial charge in [-0.05, 0) is 23.8 Å². The minimum atomic E-state index is -0.478. The largest absolute Gasteiger partial charge is 0.289 e. The highest BCUT2D eigenvalue weighted by molar-refractivity contribution is 8.25. The van der Waals surface area contributed by atoms with E-state index in [-0.39, 0.29) is 22.8 Å². The molecular formula is C20H15NO4S2. The minimum Gasteiger partial charge on any atom is -0.289 e. The highest BCUT2D eigenvalue weighted by Crippen LogP contribution is 2.40. The molecule has 2 aromatic carbocycles. The van der Waals surface area contributed by atoms with Crippen LogP contribution in [-0.2, 0) is 4.79 Å². The molecule has 0 bridgehead atoms. The molecule has 1 saturated heterocycles. The summed E-state index contributed by atoms with van der Waals surface area (Å²) in [5, 5.41) is 10.7. The molecule has 0 amide bonds. The van der Waals surface area contributed by atoms with Crippen LogP contribution in [0.4, 0.5) is 5.69 Å². The smallest absolute Gasteiger partial charge is 0.269 e. The van der Waals surface area contributed by atoms with Gasteiger partial charge in [0.1, 0.15) is 0 Å². The molecule has 3 rings (SSSR count). The number of Topliss-reactive ketones (excluding diaryl/α,β-unsaturated/α-hetero) is 1. The van der Waals surface area contributed by atoms with Gasteiger partial charge < -0.3 is 0 Å². The predicted molar refractivity (Wildman–Crippen MR) is 110 cm³/mol. The van der Waals surface area contributed by atoms with E-state index in [1.54, 1.807) is 42.5 Å². The lowest BCUT2D eigenvalue weighted by Crippen LogP contribution is -2.12. The van der Waals surface area contributed by atoms with Crippen molar-refractivity contribution >= 4 is 46.9 Å². The Balaban J connectivity index is 1.87. The summed E-state index contributed by atoms with van der Waals surface area (Å²) >= 11 is 3.04. The Morgan fingerprint density at radius 3 is 2.19 bits per heavy atom. The van der Waals surface area contributed by atoms with Crippen LogP contribution >= 0.6 is 23.5 Å². The highest BCUT2D eigenvalue weighted by atomic mass is 32.2. The molecule has 0 atom stereocenters. The van der Waals surface area contributed by atoms with Crippen LogP contribution in [0.3, 0.4) is 0 Å². The number of thioether (sulfide) groups is 2. The first-order chi connectivity index (χ1) is 13.1. The van der Waals surface area contributed by atoms with Crippen molar-refractivity contribution in [3.63, 3.8) is 0 Å². The Morgan fingerprint density at radius 2 is 1.59 bits per heavy atom. The predicted octanol–water partition coefficient (Wildman–Crippen LogP) is 4.75. The third kappa shape index (κ3) is 4.75. The van der Waals surface area contributed by atoms with Gasteiger partial charge in [0.25, 0.3) is 5.69 Å². The molecule has 27 heavy (non-hydrogen) atoms. The fourth-order valence-electron chi connectivity index (χ4n) is 2.46. The summed E-state index contributed by atoms with van der Waals surface area (Å²) in [4.78, 5) is 35.9. The third-order valence-corrected chi connectivity index (χ3v) is 6.51. The Bertz CT molecular complexity index is 926. The molecule has 0 spiro atoms. The van der Waals surface area contributed by atoms with Gasteiger partial charge in [0.05, 0.1) is 14.7 Å². The number of ketones is 2. The van der Waals surface area contributed by atoms with Crippen LogP contribution < -0.4 is 0 Å². The van der Waals surface area contributed by atoms with Crippen molar-refractivity contribution in [2.24, 2.45) is 0 Å². The van der Waals surface area contributed by atoms with Crippen molar-refractivity contribution in [3.05, 3.63) is 91.7 Å². The molecule has 0 saturated carbocycles. The lowest BCUT2D eigenvalue weighted by Gasteiger charge is -2.07. The van der Waals surface area contributed by atoms with E-state index in [1.807, 2.05) is 6.07 Å². The van der Waals surface area contributed by atoms with Crippen LogP contribution in [0.1, 0.15) is 15.9 Å². The second kappa shape index (κ2) is 8.83. The lowest BCUT2D eigenvalue weighted by molar-refractivity contribution is -0.384. The van der Waals surface area contributed by atoms with E-state index in [0.717, 1.165) is 15.7 Å². The van der Waals surface area contributed by atoms with Crippen LogP contribution in [0.25, 0.3) is 6.08 Å². The summed E-state index contributed by atoms with van der Waals surface area (Å²) in [6.45, 7) is 0. The van der Waals surface area contributed by atoms with Gasteiger partial charge in [-0.15, -0.1) is 23.5 Å². The average Bonchev–Trinajstić information content (AvgIpc) is 3.21. The van der Waals surface area contributed by atoms with Gasteiger partial charge in [-0.3, -0.25) is 19.7 Å². The van der Waals surface area contributed by atoms with Crippen LogP contribution in [0, 0.1) is 10.1 Å². The maximum atomic E-state index is 12.9. The summed E-state index contributed by atoms with van der Waals surface area (Å²) in [5.74, 6) is 1.08. The molecule has 1 aliphatic heterocycles. The maximum Gasteiger partial charge on any atom is 0.269 e. The van der Waals surface area contributed by atoms with Crippen molar-refractivity contribution < 1.29 is 14.5 Å². The molecule has 0 N–H and O–H groups in total. The molecular weight excluding hydrogens is 382 g/mol. The molecule has 5 nitrogen and oxygen atoms in total. The SMILES string of the molecule is O=C(/C=C/c1ccc([N+](=O)[O-])cc1)C(C(=O)c1ccccc1)=C1SCCS1. The second-order valence-corrected chi connectivity index (χ2v) is 8.07. The first kappa shape index (κ1) is 19.1. The van der Waals surface area contributed by atoms with E-state index >= 15 is 0 Å². The fraction of sp³-hybridized carbons (Fsp3) is 0.100. The standard InChI is InChI=1S/C20H15NO4S2/c22-17(11-8-14-6-9-16(10-7-14)21(24)25)18(20-26-12-13-27-20)19(23)15-4-2-1-3-5-15/h1-11H,12-13H2/b11-8+. The quantitative estimate of drug-likeness (QED) is 0.175. The number of nitrogens with zero attached hydrogens (tertiary/aromatic N) is 1. The molecule has 0 radical (unpaired) electrons. The molecule has 7 heteroatoms. The molecule has 0 aliphatic carbocycles. The molecule has 136 valence electrons. The summed E-state index contributed by atoms with van der Waals surface area (Å²) in [5.41, 5.74) is 1.30. The Kier molecular flexibility index (Phi) is 6.26. The zero-order valence-electron chi connectivity index (χ0n) is 14.2. The van der Waals surface area contributed by atoms with Gasteiger partial charge >= 0.3 is 0 Å². The zero-order chi connectivity index (χ0) is 19.2. The van der Waals surface area contributed by atoms with Gasteiger partial charge in [-0.25, -0.2) is 0 Å². The maximum absolute atomic E-state index is 12.9. The molecule has 0 aromatic heterocycles. The van der Waals surface area contributed by atoms with E-state index in [9.17, 15) is 19.7 Å². The van der Waals surface area contributed by atoms with Crippen molar-refractivity contribution in [1.82, 2.24) is 0 Å². The molecule has 1 heterocycles. The van der Waals surface area contributed by atoms with Crippen molar-refractivity contribution in [2.45, 2.75) is 0 Å². The highest BCUT2D eigenvalue weighted by Gasteiger charge is 2.25. The number of hydrogen-bond acceptors (Lipinski definition) is 6. The summed E-state index contributed by atoms with van der Waals surface area (Å²) in [6.07, 6.45) is 2.92. The number of rotatable bonds is 6. The summed E-state index contributed by atoms with van der Waals surface area (Å²) in [7, 11) is 0. The van der Waals surface area contributed by atoms with E-state index in [1.165, 1.54) is 41.7 Å². The average molecular weight is 397 g/mol. The molecule has 1 fully saturated rings. The summed E-state index contributed by atoms with van der Waals surface area (Å²) < 4.78 is 0.752. The number of benzene rings is 2. The van der Waals surface area contributed by atoms with Gasteiger partial charge in [-0.1, -0.05) is 36.4 Å². The zero-order valence-corrected chi connectivity index (χ0v) is 15.8. The number of non-ortho nitro benzene ring substituents is 1. The van der Waals surface area contributed by atoms with Gasteiger partial charge in [-0.2, -0.15) is 0 Å².